The van der Waals surface area contributed by atoms with E-state index in [1.807, 2.05) is 0 Å². The van der Waals surface area contributed by atoms with Crippen LogP contribution in [0.25, 0.3) is 0 Å². The molecule has 108 valence electrons. The van der Waals surface area contributed by atoms with Crippen LogP contribution >= 0.6 is 11.3 Å². The molecule has 1 aromatic rings. The number of rotatable bonds is 6. The molecule has 0 aliphatic carbocycles. The van der Waals surface area contributed by atoms with Crippen LogP contribution in [0, 0.1) is 6.92 Å². The topological polar surface area (TPSA) is 48.4 Å². The zero-order chi connectivity index (χ0) is 13.7. The van der Waals surface area contributed by atoms with Crippen molar-refractivity contribution in [1.29, 1.82) is 0 Å². The van der Waals surface area contributed by atoms with Gasteiger partial charge >= 0.3 is 0 Å². The molecule has 1 aliphatic heterocycles. The Kier molecular flexibility index (Phi) is 5.60. The Hall–Kier alpha value is -0.650. The highest BCUT2D eigenvalue weighted by Crippen LogP contribution is 2.23. The molecule has 2 rings (SSSR count). The van der Waals surface area contributed by atoms with Crippen LogP contribution in [0.15, 0.2) is 0 Å². The lowest BCUT2D eigenvalue weighted by Gasteiger charge is -2.34. The van der Waals surface area contributed by atoms with Crippen LogP contribution in [0.5, 0.6) is 0 Å². The molecule has 2 heterocycles. The second kappa shape index (κ2) is 7.22. The number of likely N-dealkylation sites (tertiary alicyclic amines) is 1. The van der Waals surface area contributed by atoms with Gasteiger partial charge in [-0.2, -0.15) is 0 Å². The third-order valence-electron chi connectivity index (χ3n) is 3.89. The van der Waals surface area contributed by atoms with Crippen molar-refractivity contribution < 1.29 is 5.11 Å². The summed E-state index contributed by atoms with van der Waals surface area (Å²) in [6.07, 6.45) is 4.63. The number of piperidine rings is 1. The average molecular weight is 283 g/mol. The third-order valence-corrected chi connectivity index (χ3v) is 4.86. The Morgan fingerprint density at radius 1 is 1.47 bits per heavy atom. The maximum atomic E-state index is 8.99. The number of aryl methyl sites for hydroxylation is 1. The maximum Gasteiger partial charge on any atom is 0.183 e. The summed E-state index contributed by atoms with van der Waals surface area (Å²) in [6, 6.07) is 0.643. The number of nitrogens with one attached hydrogen (secondary N) is 1. The maximum absolute atomic E-state index is 8.99. The van der Waals surface area contributed by atoms with Gasteiger partial charge in [0.25, 0.3) is 0 Å². The van der Waals surface area contributed by atoms with Gasteiger partial charge in [-0.3, -0.25) is 4.90 Å². The largest absolute Gasteiger partial charge is 0.396 e. The molecular formula is C14H25N3OS. The molecule has 19 heavy (non-hydrogen) atoms. The van der Waals surface area contributed by atoms with Crippen LogP contribution in [-0.4, -0.2) is 47.3 Å². The van der Waals surface area contributed by atoms with Crippen LogP contribution < -0.4 is 5.32 Å². The van der Waals surface area contributed by atoms with Crippen molar-refractivity contribution in [1.82, 2.24) is 9.88 Å². The summed E-state index contributed by atoms with van der Waals surface area (Å²) in [4.78, 5) is 8.34. The van der Waals surface area contributed by atoms with Gasteiger partial charge in [-0.25, -0.2) is 4.98 Å². The van der Waals surface area contributed by atoms with Gasteiger partial charge in [0.05, 0.1) is 5.69 Å². The van der Waals surface area contributed by atoms with Crippen LogP contribution in [-0.2, 0) is 6.42 Å². The van der Waals surface area contributed by atoms with Gasteiger partial charge < -0.3 is 10.4 Å². The Morgan fingerprint density at radius 3 is 3.05 bits per heavy atom. The zero-order valence-electron chi connectivity index (χ0n) is 12.0. The first-order valence-corrected chi connectivity index (χ1v) is 8.11. The van der Waals surface area contributed by atoms with E-state index in [2.05, 4.69) is 29.0 Å². The van der Waals surface area contributed by atoms with Crippen molar-refractivity contribution in [2.75, 3.05) is 31.6 Å². The molecule has 0 bridgehead atoms. The highest BCUT2D eigenvalue weighted by Gasteiger charge is 2.20. The lowest BCUT2D eigenvalue weighted by Crippen LogP contribution is -2.43. The molecule has 0 amide bonds. The van der Waals surface area contributed by atoms with Gasteiger partial charge in [0, 0.05) is 30.5 Å². The Morgan fingerprint density at radius 2 is 2.32 bits per heavy atom. The van der Waals surface area contributed by atoms with Crippen molar-refractivity contribution >= 4 is 16.5 Å². The summed E-state index contributed by atoms with van der Waals surface area (Å²) >= 11 is 1.70. The molecule has 0 spiro atoms. The minimum Gasteiger partial charge on any atom is -0.396 e. The summed E-state index contributed by atoms with van der Waals surface area (Å²) < 4.78 is 0. The number of aromatic nitrogens is 1. The fraction of sp³-hybridized carbons (Fsp3) is 0.786. The van der Waals surface area contributed by atoms with E-state index in [0.29, 0.717) is 12.5 Å². The van der Waals surface area contributed by atoms with E-state index in [4.69, 9.17) is 5.11 Å². The van der Waals surface area contributed by atoms with E-state index in [9.17, 15) is 0 Å². The average Bonchev–Trinajstić information content (AvgIpc) is 2.78. The lowest BCUT2D eigenvalue weighted by atomic mass is 10.0. The summed E-state index contributed by atoms with van der Waals surface area (Å²) in [6.45, 7) is 7.85. The Balaban J connectivity index is 1.88. The number of hydrogen-bond donors (Lipinski definition) is 2. The zero-order valence-corrected chi connectivity index (χ0v) is 12.8. The second-order valence-corrected chi connectivity index (χ2v) is 6.36. The van der Waals surface area contributed by atoms with Crippen molar-refractivity contribution in [3.8, 4) is 0 Å². The van der Waals surface area contributed by atoms with E-state index >= 15 is 0 Å². The first-order chi connectivity index (χ1) is 9.24. The van der Waals surface area contributed by atoms with Crippen molar-refractivity contribution in [2.24, 2.45) is 0 Å². The summed E-state index contributed by atoms with van der Waals surface area (Å²) in [7, 11) is 0. The first kappa shape index (κ1) is 14.8. The van der Waals surface area contributed by atoms with Gasteiger partial charge in [0.2, 0.25) is 0 Å². The smallest absolute Gasteiger partial charge is 0.183 e. The van der Waals surface area contributed by atoms with Crippen LogP contribution in [0.3, 0.4) is 0 Å². The fourth-order valence-corrected chi connectivity index (χ4v) is 3.62. The van der Waals surface area contributed by atoms with Gasteiger partial charge in [-0.15, -0.1) is 11.3 Å². The molecule has 1 aliphatic rings. The molecule has 5 heteroatoms. The highest BCUT2D eigenvalue weighted by molar-refractivity contribution is 7.15. The van der Waals surface area contributed by atoms with Gasteiger partial charge in [-0.1, -0.05) is 13.3 Å². The van der Waals surface area contributed by atoms with E-state index in [1.165, 1.54) is 30.7 Å². The number of anilines is 1. The molecule has 2 N–H and O–H groups in total. The summed E-state index contributed by atoms with van der Waals surface area (Å²) in [5.74, 6) is 0. The number of aliphatic hydroxyl groups is 1. The van der Waals surface area contributed by atoms with Crippen LogP contribution in [0.1, 0.15) is 36.8 Å². The van der Waals surface area contributed by atoms with E-state index in [0.717, 1.165) is 23.9 Å². The minimum absolute atomic E-state index is 0.177. The number of aliphatic hydroxyl groups excluding tert-OH is 1. The van der Waals surface area contributed by atoms with Crippen LogP contribution in [0.4, 0.5) is 5.13 Å². The molecule has 1 unspecified atom stereocenters. The van der Waals surface area contributed by atoms with E-state index in [1.54, 1.807) is 11.3 Å². The predicted octanol–water partition coefficient (Wildman–Crippen LogP) is 2.27. The van der Waals surface area contributed by atoms with Crippen molar-refractivity contribution in [3.05, 3.63) is 10.6 Å². The predicted molar refractivity (Wildman–Crippen MR) is 81.0 cm³/mol. The molecule has 0 saturated carbocycles. The van der Waals surface area contributed by atoms with Crippen molar-refractivity contribution in [3.63, 3.8) is 0 Å². The third kappa shape index (κ3) is 3.91. The summed E-state index contributed by atoms with van der Waals surface area (Å²) in [5, 5.41) is 13.5. The normalized spacial score (nSPS) is 20.7. The summed E-state index contributed by atoms with van der Waals surface area (Å²) in [5.41, 5.74) is 1.03. The van der Waals surface area contributed by atoms with Crippen molar-refractivity contribution in [2.45, 2.75) is 45.6 Å². The van der Waals surface area contributed by atoms with Gasteiger partial charge in [-0.05, 0) is 32.9 Å². The number of thiazole rings is 1. The lowest BCUT2D eigenvalue weighted by molar-refractivity contribution is 0.164. The standard InChI is InChI=1S/C14H25N3OS/c1-3-17-8-5-4-6-12(17)10-15-14-16-13(7-9-18)11(2)19-14/h12,18H,3-10H2,1-2H3,(H,15,16). The first-order valence-electron chi connectivity index (χ1n) is 7.29. The number of hydrogen-bond acceptors (Lipinski definition) is 5. The van der Waals surface area contributed by atoms with Crippen LogP contribution in [0.2, 0.25) is 0 Å². The molecule has 1 fully saturated rings. The van der Waals surface area contributed by atoms with Gasteiger partial charge in [0.1, 0.15) is 0 Å². The highest BCUT2D eigenvalue weighted by atomic mass is 32.1. The number of likely N-dealkylation sites (N-methyl/N-ethyl adjacent to an activating group) is 1. The Bertz CT molecular complexity index is 394. The monoisotopic (exact) mass is 283 g/mol. The van der Waals surface area contributed by atoms with Gasteiger partial charge in [0.15, 0.2) is 5.13 Å². The molecule has 1 atom stereocenters. The molecule has 0 radical (unpaired) electrons. The SMILES string of the molecule is CCN1CCCCC1CNc1nc(CCO)c(C)s1. The molecule has 1 saturated heterocycles. The van der Waals surface area contributed by atoms with E-state index < -0.39 is 0 Å². The Labute approximate surface area is 119 Å². The molecular weight excluding hydrogens is 258 g/mol. The molecule has 0 aromatic carbocycles. The van der Waals surface area contributed by atoms with E-state index in [-0.39, 0.29) is 6.61 Å². The molecule has 1 aromatic heterocycles. The quantitative estimate of drug-likeness (QED) is 0.841. The fourth-order valence-electron chi connectivity index (χ4n) is 2.75. The number of nitrogens with zero attached hydrogens (tertiary/aromatic N) is 2. The second-order valence-electron chi connectivity index (χ2n) is 5.15. The molecule has 4 nitrogen and oxygen atoms in total. The minimum atomic E-state index is 0.177.